The number of nitrogens with one attached hydrogen (secondary N) is 2. The molecular weight excluding hydrogens is 350 g/mol. The van der Waals surface area contributed by atoms with Crippen LogP contribution in [0.25, 0.3) is 0 Å². The van der Waals surface area contributed by atoms with Crippen molar-refractivity contribution >= 4 is 23.5 Å². The van der Waals surface area contributed by atoms with Crippen LogP contribution in [0.3, 0.4) is 0 Å². The van der Waals surface area contributed by atoms with Gasteiger partial charge >= 0.3 is 5.97 Å². The number of anilines is 1. The number of carboxylic acid groups (broad SMARTS) is 1. The number of nitrogens with zero attached hydrogens (tertiary/aromatic N) is 1. The molecule has 0 aliphatic carbocycles. The van der Waals surface area contributed by atoms with Crippen LogP contribution in [0.5, 0.6) is 0 Å². The Labute approximate surface area is 156 Å². The first-order valence-electron chi connectivity index (χ1n) is 8.55. The predicted molar refractivity (Wildman–Crippen MR) is 98.6 cm³/mol. The second-order valence-corrected chi connectivity index (χ2v) is 6.50. The van der Waals surface area contributed by atoms with Crippen LogP contribution in [0.1, 0.15) is 53.6 Å². The average molecular weight is 373 g/mol. The van der Waals surface area contributed by atoms with Crippen molar-refractivity contribution in [1.29, 1.82) is 0 Å². The second-order valence-electron chi connectivity index (χ2n) is 6.50. The number of aryl methyl sites for hydroxylation is 2. The van der Waals surface area contributed by atoms with Gasteiger partial charge in [0, 0.05) is 23.2 Å². The van der Waals surface area contributed by atoms with E-state index < -0.39 is 17.9 Å². The molecule has 0 aliphatic heterocycles. The fourth-order valence-corrected chi connectivity index (χ4v) is 2.83. The third kappa shape index (κ3) is 5.16. The van der Waals surface area contributed by atoms with E-state index in [9.17, 15) is 14.4 Å². The van der Waals surface area contributed by atoms with E-state index in [4.69, 9.17) is 9.63 Å². The lowest BCUT2D eigenvalue weighted by atomic mass is 9.96. The molecule has 0 bridgehead atoms. The number of aliphatic carboxylic acids is 1. The fourth-order valence-electron chi connectivity index (χ4n) is 2.83. The maximum Gasteiger partial charge on any atom is 0.325 e. The Morgan fingerprint density at radius 2 is 1.78 bits per heavy atom. The molecule has 2 amide bonds. The molecule has 3 N–H and O–H groups in total. The second kappa shape index (κ2) is 8.48. The largest absolute Gasteiger partial charge is 0.480 e. The summed E-state index contributed by atoms with van der Waals surface area (Å²) >= 11 is 0. The number of amides is 2. The summed E-state index contributed by atoms with van der Waals surface area (Å²) in [7, 11) is 0. The van der Waals surface area contributed by atoms with E-state index in [0.717, 1.165) is 11.3 Å². The van der Waals surface area contributed by atoms with Gasteiger partial charge in [0.15, 0.2) is 0 Å². The SMILES string of the molecule is Cc1noc(C)c1C(C)CC(=O)Nc1ccc(C(=O)NC(C)C(=O)O)cc1. The van der Waals surface area contributed by atoms with Crippen LogP contribution < -0.4 is 10.6 Å². The first kappa shape index (κ1) is 20.2. The van der Waals surface area contributed by atoms with E-state index in [-0.39, 0.29) is 18.2 Å². The van der Waals surface area contributed by atoms with Gasteiger partial charge in [-0.05, 0) is 51.0 Å². The summed E-state index contributed by atoms with van der Waals surface area (Å²) in [6.07, 6.45) is 0.265. The summed E-state index contributed by atoms with van der Waals surface area (Å²) < 4.78 is 5.14. The highest BCUT2D eigenvalue weighted by Crippen LogP contribution is 2.26. The first-order valence-corrected chi connectivity index (χ1v) is 8.55. The molecule has 0 saturated carbocycles. The maximum atomic E-state index is 12.3. The first-order chi connectivity index (χ1) is 12.7. The number of rotatable bonds is 7. The molecule has 1 heterocycles. The van der Waals surface area contributed by atoms with Crippen LogP contribution in [0.15, 0.2) is 28.8 Å². The van der Waals surface area contributed by atoms with Crippen molar-refractivity contribution in [3.05, 3.63) is 46.8 Å². The van der Waals surface area contributed by atoms with Gasteiger partial charge in [-0.3, -0.25) is 14.4 Å². The molecule has 2 aromatic rings. The topological polar surface area (TPSA) is 122 Å². The van der Waals surface area contributed by atoms with Crippen molar-refractivity contribution in [3.8, 4) is 0 Å². The van der Waals surface area contributed by atoms with E-state index >= 15 is 0 Å². The molecule has 2 rings (SSSR count). The predicted octanol–water partition coefficient (Wildman–Crippen LogP) is 2.63. The number of carboxylic acids is 1. The highest BCUT2D eigenvalue weighted by molar-refractivity contribution is 5.97. The third-order valence-electron chi connectivity index (χ3n) is 4.22. The van der Waals surface area contributed by atoms with E-state index in [1.54, 1.807) is 12.1 Å². The summed E-state index contributed by atoms with van der Waals surface area (Å²) in [5, 5.41) is 17.9. The minimum Gasteiger partial charge on any atom is -0.480 e. The molecule has 144 valence electrons. The zero-order valence-electron chi connectivity index (χ0n) is 15.7. The minimum absolute atomic E-state index is 0.0428. The highest BCUT2D eigenvalue weighted by atomic mass is 16.5. The lowest BCUT2D eigenvalue weighted by Gasteiger charge is -2.12. The minimum atomic E-state index is -1.11. The van der Waals surface area contributed by atoms with Gasteiger partial charge in [0.05, 0.1) is 5.69 Å². The molecule has 8 nitrogen and oxygen atoms in total. The molecule has 0 saturated heterocycles. The van der Waals surface area contributed by atoms with Gasteiger partial charge in [0.25, 0.3) is 5.91 Å². The maximum absolute atomic E-state index is 12.3. The Morgan fingerprint density at radius 1 is 1.15 bits per heavy atom. The normalized spacial score (nSPS) is 12.9. The third-order valence-corrected chi connectivity index (χ3v) is 4.22. The van der Waals surface area contributed by atoms with E-state index in [1.807, 2.05) is 20.8 Å². The Bertz CT molecular complexity index is 822. The molecule has 0 aliphatic rings. The molecule has 1 aromatic carbocycles. The van der Waals surface area contributed by atoms with Crippen LogP contribution in [0, 0.1) is 13.8 Å². The van der Waals surface area contributed by atoms with Crippen molar-refractivity contribution < 1.29 is 24.0 Å². The van der Waals surface area contributed by atoms with Crippen LogP contribution in [-0.4, -0.2) is 34.1 Å². The smallest absolute Gasteiger partial charge is 0.325 e. The van der Waals surface area contributed by atoms with Crippen molar-refractivity contribution in [2.45, 2.75) is 46.1 Å². The van der Waals surface area contributed by atoms with Gasteiger partial charge in [-0.2, -0.15) is 0 Å². The molecule has 27 heavy (non-hydrogen) atoms. The lowest BCUT2D eigenvalue weighted by Crippen LogP contribution is -2.38. The van der Waals surface area contributed by atoms with Crippen molar-refractivity contribution in [1.82, 2.24) is 10.5 Å². The van der Waals surface area contributed by atoms with Gasteiger partial charge in [0.2, 0.25) is 5.91 Å². The average Bonchev–Trinajstić information content (AvgIpc) is 2.93. The summed E-state index contributed by atoms with van der Waals surface area (Å²) in [5.74, 6) is -1.11. The standard InChI is InChI=1S/C19H23N3O5/c1-10(17-11(2)22-27-13(17)4)9-16(23)21-15-7-5-14(6-8-15)18(24)20-12(3)19(25)26/h5-8,10,12H,9H2,1-4H3,(H,20,24)(H,21,23)(H,25,26). The summed E-state index contributed by atoms with van der Waals surface area (Å²) in [4.78, 5) is 35.0. The van der Waals surface area contributed by atoms with Crippen molar-refractivity contribution in [3.63, 3.8) is 0 Å². The number of hydrogen-bond acceptors (Lipinski definition) is 5. The Morgan fingerprint density at radius 3 is 2.30 bits per heavy atom. The van der Waals surface area contributed by atoms with Crippen LogP contribution in [-0.2, 0) is 9.59 Å². The highest BCUT2D eigenvalue weighted by Gasteiger charge is 2.19. The van der Waals surface area contributed by atoms with Crippen molar-refractivity contribution in [2.24, 2.45) is 0 Å². The van der Waals surface area contributed by atoms with Crippen LogP contribution >= 0.6 is 0 Å². The fraction of sp³-hybridized carbons (Fsp3) is 0.368. The summed E-state index contributed by atoms with van der Waals surface area (Å²) in [6.45, 7) is 6.98. The van der Waals surface area contributed by atoms with E-state index in [1.165, 1.54) is 19.1 Å². The Hall–Kier alpha value is -3.16. The summed E-state index contributed by atoms with van der Waals surface area (Å²) in [5.41, 5.74) is 2.57. The zero-order chi connectivity index (χ0) is 20.1. The van der Waals surface area contributed by atoms with Gasteiger partial charge < -0.3 is 20.3 Å². The number of hydrogen-bond donors (Lipinski definition) is 3. The number of carbonyl (C=O) groups excluding carboxylic acids is 2. The summed E-state index contributed by atoms with van der Waals surface area (Å²) in [6, 6.07) is 5.26. The van der Waals surface area contributed by atoms with Crippen molar-refractivity contribution in [2.75, 3.05) is 5.32 Å². The molecule has 0 radical (unpaired) electrons. The number of benzene rings is 1. The van der Waals surface area contributed by atoms with E-state index in [0.29, 0.717) is 17.0 Å². The van der Waals surface area contributed by atoms with Crippen LogP contribution in [0.4, 0.5) is 5.69 Å². The van der Waals surface area contributed by atoms with Gasteiger partial charge in [-0.1, -0.05) is 12.1 Å². The monoisotopic (exact) mass is 373 g/mol. The molecule has 2 unspecified atom stereocenters. The van der Waals surface area contributed by atoms with Gasteiger partial charge in [-0.25, -0.2) is 0 Å². The molecule has 2 atom stereocenters. The van der Waals surface area contributed by atoms with Gasteiger partial charge in [-0.15, -0.1) is 0 Å². The molecule has 8 heteroatoms. The molecular formula is C19H23N3O5. The lowest BCUT2D eigenvalue weighted by molar-refractivity contribution is -0.138. The quantitative estimate of drug-likeness (QED) is 0.686. The van der Waals surface area contributed by atoms with Crippen LogP contribution in [0.2, 0.25) is 0 Å². The Kier molecular flexibility index (Phi) is 6.33. The molecule has 1 aromatic heterocycles. The van der Waals surface area contributed by atoms with E-state index in [2.05, 4.69) is 15.8 Å². The number of aromatic nitrogens is 1. The number of carbonyl (C=O) groups is 3. The molecule has 0 spiro atoms. The molecule has 0 fully saturated rings. The van der Waals surface area contributed by atoms with Gasteiger partial charge in [0.1, 0.15) is 11.8 Å². The zero-order valence-corrected chi connectivity index (χ0v) is 15.7. The Balaban J connectivity index is 1.95.